The zero-order chi connectivity index (χ0) is 12.5. The monoisotopic (exact) mass is 322 g/mol. The summed E-state index contributed by atoms with van der Waals surface area (Å²) < 4.78 is 41.1. The van der Waals surface area contributed by atoms with Gasteiger partial charge in [-0.1, -0.05) is 28.1 Å². The van der Waals surface area contributed by atoms with Crippen molar-refractivity contribution in [2.45, 2.75) is 11.5 Å². The number of rotatable bonds is 2. The van der Waals surface area contributed by atoms with Crippen LogP contribution in [0.15, 0.2) is 24.3 Å². The molecule has 1 aromatic carbocycles. The number of hydrogen-bond acceptors (Lipinski definition) is 3. The minimum absolute atomic E-state index is 0.532. The van der Waals surface area contributed by atoms with Crippen LogP contribution in [0, 0.1) is 0 Å². The van der Waals surface area contributed by atoms with Crippen LogP contribution in [0.5, 0.6) is 0 Å². The van der Waals surface area contributed by atoms with Gasteiger partial charge in [-0.3, -0.25) is 0 Å². The summed E-state index contributed by atoms with van der Waals surface area (Å²) in [6.45, 7) is 0. The molecule has 0 saturated carbocycles. The molecule has 0 aliphatic heterocycles. The van der Waals surface area contributed by atoms with Gasteiger partial charge in [0.2, 0.25) is 0 Å². The Kier molecular flexibility index (Phi) is 3.48. The minimum atomic E-state index is -4.30. The maximum Gasteiger partial charge on any atom is 0.416 e. The van der Waals surface area contributed by atoms with Gasteiger partial charge in [0.05, 0.1) is 10.9 Å². The van der Waals surface area contributed by atoms with E-state index in [0.29, 0.717) is 21.7 Å². The van der Waals surface area contributed by atoms with Crippen LogP contribution in [-0.2, 0) is 11.5 Å². The highest BCUT2D eigenvalue weighted by molar-refractivity contribution is 9.08. The Labute approximate surface area is 108 Å². The van der Waals surface area contributed by atoms with Gasteiger partial charge in [-0.15, -0.1) is 0 Å². The standard InChI is InChI=1S/C10H6BrF3N2S/c11-5-8-15-9(17-16-8)6-1-3-7(4-2-6)10(12,13)14/h1-4H,5H2. The van der Waals surface area contributed by atoms with Crippen molar-refractivity contribution < 1.29 is 13.2 Å². The number of halogens is 4. The molecule has 0 fully saturated rings. The summed E-state index contributed by atoms with van der Waals surface area (Å²) in [6.07, 6.45) is -4.30. The lowest BCUT2D eigenvalue weighted by atomic mass is 10.1. The molecule has 0 bridgehead atoms. The lowest BCUT2D eigenvalue weighted by molar-refractivity contribution is -0.137. The van der Waals surface area contributed by atoms with Crippen LogP contribution in [-0.4, -0.2) is 9.36 Å². The topological polar surface area (TPSA) is 25.8 Å². The molecule has 2 aromatic rings. The van der Waals surface area contributed by atoms with E-state index in [1.54, 1.807) is 0 Å². The van der Waals surface area contributed by atoms with E-state index in [1.165, 1.54) is 23.7 Å². The minimum Gasteiger partial charge on any atom is -0.218 e. The van der Waals surface area contributed by atoms with Gasteiger partial charge in [-0.2, -0.15) is 17.5 Å². The summed E-state index contributed by atoms with van der Waals surface area (Å²) in [5.41, 5.74) is -0.0193. The fourth-order valence-corrected chi connectivity index (χ4v) is 2.33. The highest BCUT2D eigenvalue weighted by Crippen LogP contribution is 2.31. The van der Waals surface area contributed by atoms with E-state index in [1.807, 2.05) is 0 Å². The molecule has 0 amide bonds. The largest absolute Gasteiger partial charge is 0.416 e. The fourth-order valence-electron chi connectivity index (χ4n) is 1.23. The molecule has 1 heterocycles. The molecule has 0 atom stereocenters. The molecule has 0 aliphatic rings. The van der Waals surface area contributed by atoms with Crippen molar-refractivity contribution in [3.8, 4) is 10.6 Å². The zero-order valence-electron chi connectivity index (χ0n) is 8.33. The smallest absolute Gasteiger partial charge is 0.218 e. The maximum atomic E-state index is 12.3. The molecule has 2 rings (SSSR count). The Bertz CT molecular complexity index is 507. The summed E-state index contributed by atoms with van der Waals surface area (Å²) in [7, 11) is 0. The second-order valence-corrected chi connectivity index (χ2v) is 4.54. The first-order valence-corrected chi connectivity index (χ1v) is 6.46. The van der Waals surface area contributed by atoms with Crippen LogP contribution < -0.4 is 0 Å². The Balaban J connectivity index is 2.29. The second kappa shape index (κ2) is 4.73. The SMILES string of the molecule is FC(F)(F)c1ccc(-c2nc(CBr)ns2)cc1. The maximum absolute atomic E-state index is 12.3. The van der Waals surface area contributed by atoms with E-state index in [4.69, 9.17) is 0 Å². The third-order valence-corrected chi connectivity index (χ3v) is 3.35. The third kappa shape index (κ3) is 2.84. The van der Waals surface area contributed by atoms with Crippen LogP contribution in [0.1, 0.15) is 11.4 Å². The van der Waals surface area contributed by atoms with Gasteiger partial charge in [0, 0.05) is 5.56 Å². The van der Waals surface area contributed by atoms with Gasteiger partial charge >= 0.3 is 6.18 Å². The Morgan fingerprint density at radius 2 is 1.82 bits per heavy atom. The molecule has 2 nitrogen and oxygen atoms in total. The van der Waals surface area contributed by atoms with Gasteiger partial charge in [0.25, 0.3) is 0 Å². The number of alkyl halides is 4. The zero-order valence-corrected chi connectivity index (χ0v) is 10.7. The molecular formula is C10H6BrF3N2S. The van der Waals surface area contributed by atoms with Crippen molar-refractivity contribution in [3.05, 3.63) is 35.7 Å². The van der Waals surface area contributed by atoms with Crippen molar-refractivity contribution >= 4 is 27.5 Å². The fraction of sp³-hybridized carbons (Fsp3) is 0.200. The highest BCUT2D eigenvalue weighted by atomic mass is 79.9. The van der Waals surface area contributed by atoms with Crippen molar-refractivity contribution in [2.24, 2.45) is 0 Å². The molecule has 17 heavy (non-hydrogen) atoms. The first kappa shape index (κ1) is 12.5. The molecule has 0 saturated heterocycles. The third-order valence-electron chi connectivity index (χ3n) is 2.05. The van der Waals surface area contributed by atoms with Crippen molar-refractivity contribution in [1.82, 2.24) is 9.36 Å². The molecular weight excluding hydrogens is 317 g/mol. The van der Waals surface area contributed by atoms with E-state index in [0.717, 1.165) is 12.1 Å². The lowest BCUT2D eigenvalue weighted by Gasteiger charge is -2.06. The van der Waals surface area contributed by atoms with Crippen LogP contribution in [0.3, 0.4) is 0 Å². The van der Waals surface area contributed by atoms with Crippen LogP contribution in [0.2, 0.25) is 0 Å². The predicted molar refractivity (Wildman–Crippen MR) is 63.0 cm³/mol. The molecule has 7 heteroatoms. The van der Waals surface area contributed by atoms with Gasteiger partial charge in [-0.05, 0) is 23.7 Å². The van der Waals surface area contributed by atoms with E-state index in [9.17, 15) is 13.2 Å². The molecule has 90 valence electrons. The molecule has 0 spiro atoms. The highest BCUT2D eigenvalue weighted by Gasteiger charge is 2.30. The van der Waals surface area contributed by atoms with E-state index >= 15 is 0 Å². The summed E-state index contributed by atoms with van der Waals surface area (Å²) in [5.74, 6) is 0.630. The number of nitrogens with zero attached hydrogens (tertiary/aromatic N) is 2. The summed E-state index contributed by atoms with van der Waals surface area (Å²) in [6, 6.07) is 4.90. The number of benzene rings is 1. The average Bonchev–Trinajstić information content (AvgIpc) is 2.76. The Morgan fingerprint density at radius 1 is 1.18 bits per heavy atom. The predicted octanol–water partition coefficient (Wildman–Crippen LogP) is 4.12. The second-order valence-electron chi connectivity index (χ2n) is 3.22. The summed E-state index contributed by atoms with van der Waals surface area (Å²) >= 11 is 4.38. The van der Waals surface area contributed by atoms with Gasteiger partial charge in [0.15, 0.2) is 5.82 Å². The normalized spacial score (nSPS) is 11.8. The molecule has 1 aromatic heterocycles. The van der Waals surface area contributed by atoms with E-state index in [-0.39, 0.29) is 0 Å². The van der Waals surface area contributed by atoms with Crippen LogP contribution in [0.4, 0.5) is 13.2 Å². The molecule has 0 unspecified atom stereocenters. The van der Waals surface area contributed by atoms with Gasteiger partial charge in [0.1, 0.15) is 5.01 Å². The van der Waals surface area contributed by atoms with E-state index < -0.39 is 11.7 Å². The first-order valence-electron chi connectivity index (χ1n) is 4.57. The summed E-state index contributed by atoms with van der Waals surface area (Å²) in [5, 5.41) is 1.15. The van der Waals surface area contributed by atoms with Gasteiger partial charge in [-0.25, -0.2) is 4.98 Å². The molecule has 0 N–H and O–H groups in total. The number of aromatic nitrogens is 2. The van der Waals surface area contributed by atoms with E-state index in [2.05, 4.69) is 25.3 Å². The Morgan fingerprint density at radius 3 is 2.29 bits per heavy atom. The Hall–Kier alpha value is -0.950. The quantitative estimate of drug-likeness (QED) is 0.777. The average molecular weight is 323 g/mol. The summed E-state index contributed by atoms with van der Waals surface area (Å²) in [4.78, 5) is 4.17. The number of hydrogen-bond donors (Lipinski definition) is 0. The molecule has 0 aliphatic carbocycles. The lowest BCUT2D eigenvalue weighted by Crippen LogP contribution is -2.03. The van der Waals surface area contributed by atoms with Crippen molar-refractivity contribution in [1.29, 1.82) is 0 Å². The van der Waals surface area contributed by atoms with Crippen molar-refractivity contribution in [2.75, 3.05) is 0 Å². The van der Waals surface area contributed by atoms with Gasteiger partial charge < -0.3 is 0 Å². The van der Waals surface area contributed by atoms with Crippen LogP contribution in [0.25, 0.3) is 10.6 Å². The first-order chi connectivity index (χ1) is 8.00. The van der Waals surface area contributed by atoms with Crippen LogP contribution >= 0.6 is 27.5 Å². The molecule has 0 radical (unpaired) electrons. The van der Waals surface area contributed by atoms with Crippen molar-refractivity contribution in [3.63, 3.8) is 0 Å².